The average molecular weight is 249 g/mol. The normalized spacial score (nSPS) is 9.80. The zero-order chi connectivity index (χ0) is 7.40. The number of aryl methyl sites for hydroxylation is 1. The van der Waals surface area contributed by atoms with E-state index in [1.165, 1.54) is 5.56 Å². The maximum atomic E-state index is 4.88. The third-order valence-corrected chi connectivity index (χ3v) is 1.49. The van der Waals surface area contributed by atoms with Crippen LogP contribution in [0.2, 0.25) is 0 Å². The molecule has 3 heteroatoms. The van der Waals surface area contributed by atoms with Crippen LogP contribution in [0.25, 0.3) is 0 Å². The van der Waals surface area contributed by atoms with Crippen molar-refractivity contribution in [3.63, 3.8) is 0 Å². The molecule has 0 aromatic carbocycles. The fourth-order valence-electron chi connectivity index (χ4n) is 0.640. The number of nitrogens with zero attached hydrogens (tertiary/aromatic N) is 1. The van der Waals surface area contributed by atoms with Crippen LogP contribution in [0.15, 0.2) is 18.3 Å². The van der Waals surface area contributed by atoms with Gasteiger partial charge in [0.2, 0.25) is 0 Å². The fourth-order valence-corrected chi connectivity index (χ4v) is 0.959. The van der Waals surface area contributed by atoms with Gasteiger partial charge >= 0.3 is 0 Å². The number of pyridine rings is 1. The number of hydrogen-bond acceptors (Lipinski definition) is 2. The Kier molecular flexibility index (Phi) is 3.08. The largest absolute Gasteiger partial charge is 0.309 e. The second kappa shape index (κ2) is 3.88. The molecule has 0 amide bonds. The van der Waals surface area contributed by atoms with Crippen molar-refractivity contribution >= 4 is 23.0 Å². The topological polar surface area (TPSA) is 22.1 Å². The molecule has 10 heavy (non-hydrogen) atoms. The molecule has 0 atom stereocenters. The van der Waals surface area contributed by atoms with Gasteiger partial charge in [-0.15, -0.1) is 0 Å². The first-order chi connectivity index (χ1) is 4.83. The first-order valence-electron chi connectivity index (χ1n) is 2.98. The van der Waals surface area contributed by atoms with Crippen LogP contribution < -0.4 is 0 Å². The van der Waals surface area contributed by atoms with Gasteiger partial charge in [-0.2, -0.15) is 0 Å². The van der Waals surface area contributed by atoms with Gasteiger partial charge in [0.05, 0.1) is 5.69 Å². The third kappa shape index (κ3) is 2.22. The lowest BCUT2D eigenvalue weighted by atomic mass is 10.3. The molecule has 54 valence electrons. The SMILES string of the molecule is Cc1ccc(COI)nc1. The summed E-state index contributed by atoms with van der Waals surface area (Å²) in [5.74, 6) is 0. The summed E-state index contributed by atoms with van der Waals surface area (Å²) in [7, 11) is 0. The van der Waals surface area contributed by atoms with Crippen LogP contribution in [0.5, 0.6) is 0 Å². The van der Waals surface area contributed by atoms with Crippen molar-refractivity contribution in [1.29, 1.82) is 0 Å². The zero-order valence-corrected chi connectivity index (χ0v) is 7.83. The molecule has 0 aliphatic carbocycles. The quantitative estimate of drug-likeness (QED) is 0.750. The van der Waals surface area contributed by atoms with E-state index in [0.29, 0.717) is 6.61 Å². The van der Waals surface area contributed by atoms with Crippen molar-refractivity contribution < 1.29 is 3.07 Å². The summed E-state index contributed by atoms with van der Waals surface area (Å²) >= 11 is 1.86. The highest BCUT2D eigenvalue weighted by Crippen LogP contribution is 2.01. The molecule has 2 nitrogen and oxygen atoms in total. The summed E-state index contributed by atoms with van der Waals surface area (Å²) < 4.78 is 4.88. The van der Waals surface area contributed by atoms with Gasteiger partial charge in [-0.05, 0) is 18.6 Å². The standard InChI is InChI=1S/C7H8INO/c1-6-2-3-7(5-10-8)9-4-6/h2-4H,5H2,1H3. The first-order valence-corrected chi connectivity index (χ1v) is 3.86. The minimum absolute atomic E-state index is 0.584. The Morgan fingerprint density at radius 1 is 1.60 bits per heavy atom. The van der Waals surface area contributed by atoms with Crippen molar-refractivity contribution in [3.05, 3.63) is 29.6 Å². The molecule has 0 radical (unpaired) electrons. The van der Waals surface area contributed by atoms with Crippen molar-refractivity contribution in [2.45, 2.75) is 13.5 Å². The van der Waals surface area contributed by atoms with Crippen LogP contribution in [0.1, 0.15) is 11.3 Å². The molecule has 1 aromatic heterocycles. The second-order valence-corrected chi connectivity index (χ2v) is 2.70. The van der Waals surface area contributed by atoms with Crippen LogP contribution in [-0.2, 0) is 9.67 Å². The van der Waals surface area contributed by atoms with Gasteiger partial charge < -0.3 is 3.07 Å². The zero-order valence-electron chi connectivity index (χ0n) is 5.67. The maximum absolute atomic E-state index is 4.88. The lowest BCUT2D eigenvalue weighted by Crippen LogP contribution is -1.88. The summed E-state index contributed by atoms with van der Waals surface area (Å²) in [5, 5.41) is 0. The van der Waals surface area contributed by atoms with Gasteiger partial charge in [-0.25, -0.2) is 0 Å². The van der Waals surface area contributed by atoms with Crippen LogP contribution in [0.3, 0.4) is 0 Å². The van der Waals surface area contributed by atoms with Gasteiger partial charge in [-0.3, -0.25) is 4.98 Å². The van der Waals surface area contributed by atoms with E-state index in [1.807, 2.05) is 48.3 Å². The Morgan fingerprint density at radius 2 is 2.40 bits per heavy atom. The van der Waals surface area contributed by atoms with Gasteiger partial charge in [0.25, 0.3) is 0 Å². The lowest BCUT2D eigenvalue weighted by molar-refractivity contribution is 0.411. The molecule has 0 saturated carbocycles. The summed E-state index contributed by atoms with van der Waals surface area (Å²) in [6.45, 7) is 2.60. The van der Waals surface area contributed by atoms with Gasteiger partial charge in [0.15, 0.2) is 0 Å². The van der Waals surface area contributed by atoms with E-state index in [9.17, 15) is 0 Å². The molecule has 0 N–H and O–H groups in total. The molecule has 1 heterocycles. The monoisotopic (exact) mass is 249 g/mol. The minimum Gasteiger partial charge on any atom is -0.309 e. The summed E-state index contributed by atoms with van der Waals surface area (Å²) in [6.07, 6.45) is 1.84. The van der Waals surface area contributed by atoms with E-state index in [1.54, 1.807) is 0 Å². The first kappa shape index (κ1) is 7.94. The highest BCUT2D eigenvalue weighted by molar-refractivity contribution is 14.1. The maximum Gasteiger partial charge on any atom is 0.110 e. The number of rotatable bonds is 2. The molecule has 0 unspecified atom stereocenters. The van der Waals surface area contributed by atoms with Crippen LogP contribution in [0, 0.1) is 6.92 Å². The Hall–Kier alpha value is -0.160. The Balaban J connectivity index is 2.69. The van der Waals surface area contributed by atoms with Gasteiger partial charge in [0.1, 0.15) is 29.6 Å². The smallest absolute Gasteiger partial charge is 0.110 e. The molecule has 0 aliphatic heterocycles. The summed E-state index contributed by atoms with van der Waals surface area (Å²) in [5.41, 5.74) is 2.15. The lowest BCUT2D eigenvalue weighted by Gasteiger charge is -1.95. The molecular formula is C7H8INO. The van der Waals surface area contributed by atoms with E-state index >= 15 is 0 Å². The second-order valence-electron chi connectivity index (χ2n) is 2.08. The van der Waals surface area contributed by atoms with Crippen LogP contribution >= 0.6 is 23.0 Å². The van der Waals surface area contributed by atoms with Crippen LogP contribution in [-0.4, -0.2) is 4.98 Å². The van der Waals surface area contributed by atoms with E-state index in [2.05, 4.69) is 4.98 Å². The summed E-state index contributed by atoms with van der Waals surface area (Å²) in [4.78, 5) is 4.14. The molecule has 1 aromatic rings. The molecule has 0 saturated heterocycles. The van der Waals surface area contributed by atoms with Crippen LogP contribution in [0.4, 0.5) is 0 Å². The third-order valence-electron chi connectivity index (χ3n) is 1.18. The van der Waals surface area contributed by atoms with Gasteiger partial charge in [-0.1, -0.05) is 6.07 Å². The highest BCUT2D eigenvalue weighted by atomic mass is 127. The average Bonchev–Trinajstić information content (AvgIpc) is 1.95. The predicted molar refractivity (Wildman–Crippen MR) is 47.8 cm³/mol. The number of aromatic nitrogens is 1. The van der Waals surface area contributed by atoms with Crippen molar-refractivity contribution in [1.82, 2.24) is 4.98 Å². The molecular weight excluding hydrogens is 241 g/mol. The highest BCUT2D eigenvalue weighted by Gasteiger charge is 1.90. The van der Waals surface area contributed by atoms with Gasteiger partial charge in [0, 0.05) is 6.20 Å². The van der Waals surface area contributed by atoms with Crippen molar-refractivity contribution in [3.8, 4) is 0 Å². The van der Waals surface area contributed by atoms with E-state index in [4.69, 9.17) is 3.07 Å². The number of halogens is 1. The number of hydrogen-bond donors (Lipinski definition) is 0. The molecule has 0 bridgehead atoms. The van der Waals surface area contributed by atoms with E-state index in [0.717, 1.165) is 5.69 Å². The van der Waals surface area contributed by atoms with E-state index < -0.39 is 0 Å². The van der Waals surface area contributed by atoms with Crippen molar-refractivity contribution in [2.75, 3.05) is 0 Å². The Morgan fingerprint density at radius 3 is 2.90 bits per heavy atom. The Bertz CT molecular complexity index is 197. The Labute approximate surface area is 74.3 Å². The molecule has 1 rings (SSSR count). The van der Waals surface area contributed by atoms with Crippen molar-refractivity contribution in [2.24, 2.45) is 0 Å². The molecule has 0 fully saturated rings. The summed E-state index contributed by atoms with van der Waals surface area (Å²) in [6, 6.07) is 3.99. The minimum atomic E-state index is 0.584. The predicted octanol–water partition coefficient (Wildman–Crippen LogP) is 2.26. The fraction of sp³-hybridized carbons (Fsp3) is 0.286. The van der Waals surface area contributed by atoms with E-state index in [-0.39, 0.29) is 0 Å². The molecule has 0 spiro atoms. The molecule has 0 aliphatic rings.